The molecule has 0 aliphatic rings. The zero-order valence-electron chi connectivity index (χ0n) is 11.2. The number of carbonyl (C=O) groups excluding carboxylic acids is 1. The number of hydrogen-bond donors (Lipinski definition) is 0. The van der Waals surface area contributed by atoms with Gasteiger partial charge in [-0.2, -0.15) is 0 Å². The molecule has 17 heavy (non-hydrogen) atoms. The smallest absolute Gasteiger partial charge is 0.172 e. The first-order chi connectivity index (χ1) is 8.04. The minimum atomic E-state index is 0.0864. The molecule has 0 saturated carbocycles. The fourth-order valence-corrected chi connectivity index (χ4v) is 1.49. The van der Waals surface area contributed by atoms with Crippen LogP contribution in [0.25, 0.3) is 0 Å². The average molecular weight is 234 g/mol. The second-order valence-corrected chi connectivity index (χ2v) is 4.79. The molecule has 0 amide bonds. The van der Waals surface area contributed by atoms with Crippen LogP contribution in [0.1, 0.15) is 45.6 Å². The summed E-state index contributed by atoms with van der Waals surface area (Å²) in [4.78, 5) is 11.6. The Morgan fingerprint density at radius 2 is 2.00 bits per heavy atom. The van der Waals surface area contributed by atoms with E-state index >= 15 is 0 Å². The zero-order chi connectivity index (χ0) is 12.8. The summed E-state index contributed by atoms with van der Waals surface area (Å²) < 4.78 is 5.53. The van der Waals surface area contributed by atoms with Gasteiger partial charge < -0.3 is 4.74 Å². The van der Waals surface area contributed by atoms with E-state index < -0.39 is 0 Å². The topological polar surface area (TPSA) is 26.3 Å². The van der Waals surface area contributed by atoms with Crippen molar-refractivity contribution in [2.24, 2.45) is 5.92 Å². The van der Waals surface area contributed by atoms with Gasteiger partial charge in [-0.25, -0.2) is 0 Å². The van der Waals surface area contributed by atoms with E-state index in [0.717, 1.165) is 12.2 Å². The number of benzene rings is 1. The Bertz CT molecular complexity index is 369. The van der Waals surface area contributed by atoms with Gasteiger partial charge in [0.05, 0.1) is 0 Å². The summed E-state index contributed by atoms with van der Waals surface area (Å²) in [5, 5.41) is 0. The molecule has 0 N–H and O–H groups in total. The van der Waals surface area contributed by atoms with Crippen molar-refractivity contribution in [1.29, 1.82) is 0 Å². The Hall–Kier alpha value is -1.31. The van der Waals surface area contributed by atoms with E-state index in [1.165, 1.54) is 5.56 Å². The van der Waals surface area contributed by atoms with Gasteiger partial charge in [0.15, 0.2) is 5.78 Å². The monoisotopic (exact) mass is 234 g/mol. The molecule has 1 atom stereocenters. The zero-order valence-corrected chi connectivity index (χ0v) is 11.2. The van der Waals surface area contributed by atoms with Crippen molar-refractivity contribution in [3.8, 4) is 5.75 Å². The number of ketones is 1. The number of ether oxygens (including phenoxy) is 1. The molecule has 0 fully saturated rings. The fraction of sp³-hybridized carbons (Fsp3) is 0.533. The van der Waals surface area contributed by atoms with Crippen molar-refractivity contribution in [1.82, 2.24) is 0 Å². The molecule has 0 aliphatic carbocycles. The van der Waals surface area contributed by atoms with Gasteiger partial charge in [0.1, 0.15) is 12.4 Å². The van der Waals surface area contributed by atoms with E-state index in [1.54, 1.807) is 0 Å². The Labute approximate surface area is 104 Å². The van der Waals surface area contributed by atoms with Gasteiger partial charge in [-0.15, -0.1) is 0 Å². The van der Waals surface area contributed by atoms with E-state index in [2.05, 4.69) is 19.9 Å². The third kappa shape index (κ3) is 4.22. The third-order valence-electron chi connectivity index (χ3n) is 3.07. The maximum absolute atomic E-state index is 11.6. The molecule has 94 valence electrons. The number of hydrogen-bond acceptors (Lipinski definition) is 2. The molecule has 1 aromatic carbocycles. The first kappa shape index (κ1) is 13.8. The molecule has 0 aliphatic heterocycles. The summed E-state index contributed by atoms with van der Waals surface area (Å²) in [7, 11) is 0. The van der Waals surface area contributed by atoms with Crippen LogP contribution in [0, 0.1) is 5.92 Å². The summed E-state index contributed by atoms with van der Waals surface area (Å²) in [6.45, 7) is 8.42. The van der Waals surface area contributed by atoms with Gasteiger partial charge in [-0.3, -0.25) is 4.79 Å². The second-order valence-electron chi connectivity index (χ2n) is 4.79. The highest BCUT2D eigenvalue weighted by atomic mass is 16.5. The van der Waals surface area contributed by atoms with E-state index in [-0.39, 0.29) is 18.3 Å². The fourth-order valence-electron chi connectivity index (χ4n) is 1.49. The average Bonchev–Trinajstić information content (AvgIpc) is 2.35. The Morgan fingerprint density at radius 3 is 2.59 bits per heavy atom. The Kier molecular flexibility index (Phi) is 5.20. The number of Topliss-reactive ketones (excluding diaryl/α,β-unsaturated/α-hetero) is 1. The predicted octanol–water partition coefficient (Wildman–Crippen LogP) is 3.80. The molecule has 0 aromatic heterocycles. The molecule has 1 rings (SSSR count). The van der Waals surface area contributed by atoms with Gasteiger partial charge in [-0.1, -0.05) is 39.8 Å². The lowest BCUT2D eigenvalue weighted by atomic mass is 10.0. The molecular weight excluding hydrogens is 212 g/mol. The maximum Gasteiger partial charge on any atom is 0.172 e. The van der Waals surface area contributed by atoms with Crippen LogP contribution in [0.5, 0.6) is 5.75 Å². The molecule has 0 radical (unpaired) electrons. The van der Waals surface area contributed by atoms with Crippen molar-refractivity contribution >= 4 is 5.78 Å². The predicted molar refractivity (Wildman–Crippen MR) is 70.5 cm³/mol. The SMILES string of the molecule is CCC(C)C(=O)COc1cccc(C(C)C)c1. The minimum absolute atomic E-state index is 0.0864. The van der Waals surface area contributed by atoms with Crippen LogP contribution in [0.3, 0.4) is 0 Å². The van der Waals surface area contributed by atoms with Crippen molar-refractivity contribution in [2.75, 3.05) is 6.61 Å². The van der Waals surface area contributed by atoms with Crippen molar-refractivity contribution < 1.29 is 9.53 Å². The molecule has 0 saturated heterocycles. The van der Waals surface area contributed by atoms with Gasteiger partial charge in [-0.05, 0) is 30.0 Å². The Balaban J connectivity index is 2.57. The highest BCUT2D eigenvalue weighted by Gasteiger charge is 2.11. The summed E-state index contributed by atoms with van der Waals surface area (Å²) in [6.07, 6.45) is 0.869. The normalized spacial score (nSPS) is 12.5. The molecule has 1 unspecified atom stereocenters. The number of carbonyl (C=O) groups is 1. The van der Waals surface area contributed by atoms with Crippen LogP contribution >= 0.6 is 0 Å². The molecule has 0 heterocycles. The van der Waals surface area contributed by atoms with E-state index in [9.17, 15) is 4.79 Å². The van der Waals surface area contributed by atoms with Crippen LogP contribution in [-0.2, 0) is 4.79 Å². The molecule has 0 bridgehead atoms. The van der Waals surface area contributed by atoms with E-state index in [1.807, 2.05) is 32.0 Å². The molecule has 1 aromatic rings. The van der Waals surface area contributed by atoms with E-state index in [4.69, 9.17) is 4.74 Å². The van der Waals surface area contributed by atoms with Crippen LogP contribution < -0.4 is 4.74 Å². The third-order valence-corrected chi connectivity index (χ3v) is 3.07. The van der Waals surface area contributed by atoms with Crippen LogP contribution in [0.15, 0.2) is 24.3 Å². The van der Waals surface area contributed by atoms with Crippen molar-refractivity contribution in [2.45, 2.75) is 40.0 Å². The van der Waals surface area contributed by atoms with Crippen LogP contribution in [-0.4, -0.2) is 12.4 Å². The van der Waals surface area contributed by atoms with Gasteiger partial charge in [0.2, 0.25) is 0 Å². The quantitative estimate of drug-likeness (QED) is 0.748. The molecule has 0 spiro atoms. The number of rotatable bonds is 6. The standard InChI is InChI=1S/C15H22O2/c1-5-12(4)15(16)10-17-14-8-6-7-13(9-14)11(2)3/h6-9,11-12H,5,10H2,1-4H3. The molecular formula is C15H22O2. The van der Waals surface area contributed by atoms with E-state index in [0.29, 0.717) is 5.92 Å². The summed E-state index contributed by atoms with van der Waals surface area (Å²) in [5.41, 5.74) is 1.23. The van der Waals surface area contributed by atoms with Gasteiger partial charge in [0, 0.05) is 5.92 Å². The molecule has 2 nitrogen and oxygen atoms in total. The first-order valence-corrected chi connectivity index (χ1v) is 6.30. The summed E-state index contributed by atoms with van der Waals surface area (Å²) in [6, 6.07) is 7.96. The molecule has 2 heteroatoms. The second kappa shape index (κ2) is 6.43. The maximum atomic E-state index is 11.6. The summed E-state index contributed by atoms with van der Waals surface area (Å²) >= 11 is 0. The lowest BCUT2D eigenvalue weighted by molar-refractivity contribution is -0.124. The summed E-state index contributed by atoms with van der Waals surface area (Å²) in [5.74, 6) is 1.52. The highest BCUT2D eigenvalue weighted by molar-refractivity contribution is 5.82. The van der Waals surface area contributed by atoms with Crippen LogP contribution in [0.4, 0.5) is 0 Å². The Morgan fingerprint density at radius 1 is 1.29 bits per heavy atom. The lowest BCUT2D eigenvalue weighted by Crippen LogP contribution is -2.18. The van der Waals surface area contributed by atoms with Gasteiger partial charge in [0.25, 0.3) is 0 Å². The largest absolute Gasteiger partial charge is 0.486 e. The van der Waals surface area contributed by atoms with Crippen LogP contribution in [0.2, 0.25) is 0 Å². The van der Waals surface area contributed by atoms with Gasteiger partial charge >= 0.3 is 0 Å². The minimum Gasteiger partial charge on any atom is -0.486 e. The lowest BCUT2D eigenvalue weighted by Gasteiger charge is -2.11. The first-order valence-electron chi connectivity index (χ1n) is 6.30. The van der Waals surface area contributed by atoms with Crippen molar-refractivity contribution in [3.63, 3.8) is 0 Å². The van der Waals surface area contributed by atoms with Crippen molar-refractivity contribution in [3.05, 3.63) is 29.8 Å². The highest BCUT2D eigenvalue weighted by Crippen LogP contribution is 2.20.